The number of ether oxygens (including phenoxy) is 1. The fraction of sp³-hybridized carbons (Fsp3) is 0.571. The van der Waals surface area contributed by atoms with Crippen LogP contribution in [0.2, 0.25) is 0 Å². The Bertz CT molecular complexity index is 427. The van der Waals surface area contributed by atoms with Crippen molar-refractivity contribution in [2.75, 3.05) is 39.9 Å². The van der Waals surface area contributed by atoms with Crippen LogP contribution in [0.3, 0.4) is 0 Å². The van der Waals surface area contributed by atoms with Gasteiger partial charge in [0.15, 0.2) is 0 Å². The Balaban J connectivity index is 1.83. The van der Waals surface area contributed by atoms with Gasteiger partial charge in [-0.2, -0.15) is 0 Å². The molecule has 1 fully saturated rings. The zero-order valence-electron chi connectivity index (χ0n) is 11.7. The lowest BCUT2D eigenvalue weighted by atomic mass is 10.2. The largest absolute Gasteiger partial charge is 0.389 e. The number of hydrogen-bond donors (Lipinski definition) is 1. The van der Waals surface area contributed by atoms with E-state index in [4.69, 9.17) is 4.74 Å². The minimum absolute atomic E-state index is 0.0195. The lowest BCUT2D eigenvalue weighted by Crippen LogP contribution is -2.42. The highest BCUT2D eigenvalue weighted by atomic mass is 16.5. The van der Waals surface area contributed by atoms with Crippen molar-refractivity contribution in [2.24, 2.45) is 0 Å². The Labute approximate surface area is 119 Å². The standard InChI is InChI=1S/C14H21N3O3/c1-16(8-12-2-4-15-5-3-12)10-14(19)17-6-7-20-11-13(18)9-17/h2-5,13,18H,6-11H2,1H3/t13-/m0/s1. The molecular formula is C14H21N3O3. The molecule has 6 nitrogen and oxygen atoms in total. The fourth-order valence-corrected chi connectivity index (χ4v) is 2.21. The molecule has 1 atom stereocenters. The number of carbonyl (C=O) groups excluding carboxylic acids is 1. The number of nitrogens with zero attached hydrogens (tertiary/aromatic N) is 3. The Hall–Kier alpha value is -1.50. The molecule has 0 unspecified atom stereocenters. The lowest BCUT2D eigenvalue weighted by Gasteiger charge is -2.24. The van der Waals surface area contributed by atoms with E-state index in [2.05, 4.69) is 4.98 Å². The number of aliphatic hydroxyl groups excluding tert-OH is 1. The molecule has 6 heteroatoms. The monoisotopic (exact) mass is 279 g/mol. The highest BCUT2D eigenvalue weighted by Crippen LogP contribution is 2.04. The van der Waals surface area contributed by atoms with Crippen LogP contribution in [0.4, 0.5) is 0 Å². The molecule has 1 N–H and O–H groups in total. The van der Waals surface area contributed by atoms with Gasteiger partial charge in [0, 0.05) is 32.0 Å². The normalized spacial score (nSPS) is 19.9. The SMILES string of the molecule is CN(CC(=O)N1CCOC[C@@H](O)C1)Cc1ccncc1. The van der Waals surface area contributed by atoms with Crippen LogP contribution in [0.15, 0.2) is 24.5 Å². The van der Waals surface area contributed by atoms with Crippen molar-refractivity contribution in [1.82, 2.24) is 14.8 Å². The van der Waals surface area contributed by atoms with Gasteiger partial charge < -0.3 is 14.7 Å². The number of pyridine rings is 1. The molecule has 0 saturated carbocycles. The molecule has 1 saturated heterocycles. The van der Waals surface area contributed by atoms with E-state index in [0.717, 1.165) is 5.56 Å². The summed E-state index contributed by atoms with van der Waals surface area (Å²) in [5.74, 6) is 0.0195. The van der Waals surface area contributed by atoms with E-state index in [1.54, 1.807) is 17.3 Å². The first-order valence-electron chi connectivity index (χ1n) is 6.76. The van der Waals surface area contributed by atoms with E-state index in [9.17, 15) is 9.90 Å². The van der Waals surface area contributed by atoms with E-state index in [1.807, 2.05) is 24.1 Å². The predicted molar refractivity (Wildman–Crippen MR) is 74.0 cm³/mol. The van der Waals surface area contributed by atoms with E-state index in [-0.39, 0.29) is 5.91 Å². The predicted octanol–water partition coefficient (Wildman–Crippen LogP) is -0.267. The molecule has 1 aromatic rings. The Morgan fingerprint density at radius 2 is 2.30 bits per heavy atom. The number of hydrogen-bond acceptors (Lipinski definition) is 5. The average Bonchev–Trinajstić information content (AvgIpc) is 2.64. The summed E-state index contributed by atoms with van der Waals surface area (Å²) in [6, 6.07) is 3.87. The summed E-state index contributed by atoms with van der Waals surface area (Å²) in [4.78, 5) is 19.8. The second kappa shape index (κ2) is 7.33. The van der Waals surface area contributed by atoms with Crippen LogP contribution in [-0.4, -0.2) is 71.8 Å². The Kier molecular flexibility index (Phi) is 5.46. The second-order valence-corrected chi connectivity index (χ2v) is 5.10. The van der Waals surface area contributed by atoms with Gasteiger partial charge in [0.2, 0.25) is 5.91 Å². The van der Waals surface area contributed by atoms with Gasteiger partial charge in [-0.1, -0.05) is 0 Å². The van der Waals surface area contributed by atoms with Crippen LogP contribution < -0.4 is 0 Å². The average molecular weight is 279 g/mol. The molecule has 0 radical (unpaired) electrons. The van der Waals surface area contributed by atoms with Crippen LogP contribution in [0.5, 0.6) is 0 Å². The molecule has 1 aliphatic rings. The highest BCUT2D eigenvalue weighted by Gasteiger charge is 2.21. The zero-order valence-corrected chi connectivity index (χ0v) is 11.7. The third-order valence-electron chi connectivity index (χ3n) is 3.21. The maximum Gasteiger partial charge on any atom is 0.236 e. The lowest BCUT2D eigenvalue weighted by molar-refractivity contribution is -0.133. The van der Waals surface area contributed by atoms with Crippen LogP contribution in [-0.2, 0) is 16.1 Å². The van der Waals surface area contributed by atoms with E-state index < -0.39 is 6.10 Å². The summed E-state index contributed by atoms with van der Waals surface area (Å²) in [5, 5.41) is 9.64. The minimum Gasteiger partial charge on any atom is -0.389 e. The first-order valence-corrected chi connectivity index (χ1v) is 6.76. The van der Waals surface area contributed by atoms with Crippen molar-refractivity contribution in [3.05, 3.63) is 30.1 Å². The van der Waals surface area contributed by atoms with Gasteiger partial charge in [-0.3, -0.25) is 14.7 Å². The van der Waals surface area contributed by atoms with E-state index in [0.29, 0.717) is 39.4 Å². The first-order chi connectivity index (χ1) is 9.65. The van der Waals surface area contributed by atoms with Crippen LogP contribution in [0.1, 0.15) is 5.56 Å². The quantitative estimate of drug-likeness (QED) is 0.822. The van der Waals surface area contributed by atoms with Gasteiger partial charge in [-0.25, -0.2) is 0 Å². The van der Waals surface area contributed by atoms with Gasteiger partial charge >= 0.3 is 0 Å². The Morgan fingerprint density at radius 3 is 3.05 bits per heavy atom. The van der Waals surface area contributed by atoms with Crippen LogP contribution in [0.25, 0.3) is 0 Å². The van der Waals surface area contributed by atoms with Gasteiger partial charge in [0.1, 0.15) is 0 Å². The molecule has 2 rings (SSSR count). The molecule has 2 heterocycles. The molecule has 1 aromatic heterocycles. The molecule has 1 amide bonds. The summed E-state index contributed by atoms with van der Waals surface area (Å²) in [7, 11) is 1.91. The molecule has 0 aromatic carbocycles. The van der Waals surface area contributed by atoms with Crippen molar-refractivity contribution in [3.8, 4) is 0 Å². The smallest absolute Gasteiger partial charge is 0.236 e. The number of aromatic nitrogens is 1. The number of amides is 1. The molecule has 0 bridgehead atoms. The maximum atomic E-state index is 12.2. The number of β-amino-alcohol motifs (C(OH)–C–C–N with tert-alkyl or cyclic N) is 1. The van der Waals surface area contributed by atoms with Crippen molar-refractivity contribution >= 4 is 5.91 Å². The zero-order chi connectivity index (χ0) is 14.4. The number of aliphatic hydroxyl groups is 1. The highest BCUT2D eigenvalue weighted by molar-refractivity contribution is 5.78. The summed E-state index contributed by atoms with van der Waals surface area (Å²) < 4.78 is 5.22. The molecular weight excluding hydrogens is 258 g/mol. The number of carbonyl (C=O) groups is 1. The third-order valence-corrected chi connectivity index (χ3v) is 3.21. The fourth-order valence-electron chi connectivity index (χ4n) is 2.21. The Morgan fingerprint density at radius 1 is 1.55 bits per heavy atom. The summed E-state index contributed by atoms with van der Waals surface area (Å²) in [6.45, 7) is 2.70. The second-order valence-electron chi connectivity index (χ2n) is 5.10. The van der Waals surface area contributed by atoms with Crippen LogP contribution in [0, 0.1) is 0 Å². The maximum absolute atomic E-state index is 12.2. The summed E-state index contributed by atoms with van der Waals surface area (Å²) >= 11 is 0. The van der Waals surface area contributed by atoms with Gasteiger partial charge in [0.25, 0.3) is 0 Å². The van der Waals surface area contributed by atoms with Crippen molar-refractivity contribution in [3.63, 3.8) is 0 Å². The van der Waals surface area contributed by atoms with Gasteiger partial charge in [-0.15, -0.1) is 0 Å². The van der Waals surface area contributed by atoms with Crippen molar-refractivity contribution in [1.29, 1.82) is 0 Å². The number of likely N-dealkylation sites (N-methyl/N-ethyl adjacent to an activating group) is 1. The molecule has 1 aliphatic heterocycles. The van der Waals surface area contributed by atoms with E-state index >= 15 is 0 Å². The van der Waals surface area contributed by atoms with Crippen molar-refractivity contribution < 1.29 is 14.6 Å². The summed E-state index contributed by atoms with van der Waals surface area (Å²) in [6.07, 6.45) is 2.90. The first kappa shape index (κ1) is 14.9. The molecule has 0 aliphatic carbocycles. The van der Waals surface area contributed by atoms with Gasteiger partial charge in [-0.05, 0) is 24.7 Å². The molecule has 20 heavy (non-hydrogen) atoms. The third kappa shape index (κ3) is 4.56. The van der Waals surface area contributed by atoms with Crippen LogP contribution >= 0.6 is 0 Å². The minimum atomic E-state index is -0.591. The molecule has 110 valence electrons. The van der Waals surface area contributed by atoms with Gasteiger partial charge in [0.05, 0.1) is 25.9 Å². The van der Waals surface area contributed by atoms with E-state index in [1.165, 1.54) is 0 Å². The topological polar surface area (TPSA) is 65.9 Å². The van der Waals surface area contributed by atoms with Crippen molar-refractivity contribution in [2.45, 2.75) is 12.6 Å². The number of rotatable bonds is 4. The molecule has 0 spiro atoms. The summed E-state index contributed by atoms with van der Waals surface area (Å²) in [5.41, 5.74) is 1.12.